The molecule has 7 nitrogen and oxygen atoms in total. The summed E-state index contributed by atoms with van der Waals surface area (Å²) in [6, 6.07) is 15.8. The number of hydrogen-bond acceptors (Lipinski definition) is 6. The molecular formula is C31H29Cl2FN4O3. The van der Waals surface area contributed by atoms with Crippen LogP contribution in [0.25, 0.3) is 0 Å². The maximum Gasteiger partial charge on any atom is 0.335 e. The van der Waals surface area contributed by atoms with E-state index in [9.17, 15) is 15.2 Å². The Morgan fingerprint density at radius 3 is 2.61 bits per heavy atom. The van der Waals surface area contributed by atoms with Crippen molar-refractivity contribution in [3.8, 4) is 11.8 Å². The van der Waals surface area contributed by atoms with Gasteiger partial charge in [-0.05, 0) is 53.8 Å². The van der Waals surface area contributed by atoms with Crippen LogP contribution >= 0.6 is 23.2 Å². The maximum atomic E-state index is 15.8. The number of benzene rings is 3. The topological polar surface area (TPSA) is 107 Å². The minimum absolute atomic E-state index is 0.0650. The third-order valence-corrected chi connectivity index (χ3v) is 8.26. The number of ether oxygens (including phenoxy) is 1. The van der Waals surface area contributed by atoms with E-state index in [1.54, 1.807) is 30.3 Å². The highest BCUT2D eigenvalue weighted by Crippen LogP contribution is 2.56. The number of nitriles is 1. The number of aromatic carboxylic acids is 1. The fourth-order valence-electron chi connectivity index (χ4n) is 6.07. The Hall–Kier alpha value is -3.64. The first-order valence-electron chi connectivity index (χ1n) is 13.1. The molecule has 0 radical (unpaired) electrons. The van der Waals surface area contributed by atoms with Crippen LogP contribution in [0.2, 0.25) is 10.0 Å². The summed E-state index contributed by atoms with van der Waals surface area (Å²) in [6.45, 7) is 6.22. The Morgan fingerprint density at radius 2 is 1.98 bits per heavy atom. The van der Waals surface area contributed by atoms with Crippen molar-refractivity contribution >= 4 is 46.4 Å². The molecule has 4 atom stereocenters. The van der Waals surface area contributed by atoms with Crippen molar-refractivity contribution in [1.82, 2.24) is 5.32 Å². The molecule has 2 heterocycles. The number of hydrogen-bond donors (Lipinski definition) is 3. The van der Waals surface area contributed by atoms with Crippen molar-refractivity contribution < 1.29 is 19.0 Å². The van der Waals surface area contributed by atoms with Crippen LogP contribution in [0, 0.1) is 22.6 Å². The summed E-state index contributed by atoms with van der Waals surface area (Å²) in [5, 5.41) is 28.1. The number of methoxy groups -OCH3 is 1. The van der Waals surface area contributed by atoms with Gasteiger partial charge in [-0.25, -0.2) is 14.2 Å². The molecule has 0 aliphatic carbocycles. The zero-order valence-electron chi connectivity index (χ0n) is 22.9. The van der Waals surface area contributed by atoms with Gasteiger partial charge in [-0.3, -0.25) is 0 Å². The van der Waals surface area contributed by atoms with Crippen molar-refractivity contribution in [2.75, 3.05) is 12.4 Å². The van der Waals surface area contributed by atoms with Crippen LogP contribution in [0.1, 0.15) is 54.6 Å². The van der Waals surface area contributed by atoms with E-state index >= 15 is 4.39 Å². The van der Waals surface area contributed by atoms with Crippen molar-refractivity contribution in [1.29, 1.82) is 5.26 Å². The molecule has 41 heavy (non-hydrogen) atoms. The van der Waals surface area contributed by atoms with Gasteiger partial charge in [0.15, 0.2) is 0 Å². The van der Waals surface area contributed by atoms with Gasteiger partial charge in [-0.15, -0.1) is 0 Å². The Kier molecular flexibility index (Phi) is 7.49. The van der Waals surface area contributed by atoms with Gasteiger partial charge in [0.25, 0.3) is 0 Å². The molecule has 1 saturated heterocycles. The van der Waals surface area contributed by atoms with Gasteiger partial charge < -0.3 is 20.5 Å². The molecule has 0 saturated carbocycles. The highest BCUT2D eigenvalue weighted by Gasteiger charge is 2.61. The SMILES string of the molecule is COc1cc(C(=O)O)ccc1NC1=Nc2c(Cl)cccc2[C@H]2[C@H]1N[C@@H](CC(C)(C)C)[C@]2(C#N)c1ccc(Cl)cc1F. The average Bonchev–Trinajstić information content (AvgIpc) is 3.23. The van der Waals surface area contributed by atoms with Gasteiger partial charge in [0.1, 0.15) is 22.8 Å². The molecular weight excluding hydrogens is 566 g/mol. The van der Waals surface area contributed by atoms with Gasteiger partial charge in [-0.2, -0.15) is 5.26 Å². The lowest BCUT2D eigenvalue weighted by Gasteiger charge is -2.39. The third-order valence-electron chi connectivity index (χ3n) is 7.72. The molecule has 0 aromatic heterocycles. The van der Waals surface area contributed by atoms with E-state index in [0.717, 1.165) is 5.56 Å². The molecule has 3 aromatic rings. The molecule has 0 unspecified atom stereocenters. The number of rotatable bonds is 5. The summed E-state index contributed by atoms with van der Waals surface area (Å²) in [5.41, 5.74) is 0.420. The van der Waals surface area contributed by atoms with E-state index in [1.807, 2.05) is 6.07 Å². The molecule has 0 amide bonds. The van der Waals surface area contributed by atoms with Crippen molar-refractivity contribution in [2.24, 2.45) is 10.4 Å². The molecule has 5 rings (SSSR count). The number of halogens is 3. The summed E-state index contributed by atoms with van der Waals surface area (Å²) < 4.78 is 21.3. The summed E-state index contributed by atoms with van der Waals surface area (Å²) >= 11 is 12.8. The molecule has 2 aliphatic heterocycles. The summed E-state index contributed by atoms with van der Waals surface area (Å²) in [7, 11) is 1.45. The molecule has 212 valence electrons. The van der Waals surface area contributed by atoms with Crippen LogP contribution in [0.3, 0.4) is 0 Å². The molecule has 10 heteroatoms. The van der Waals surface area contributed by atoms with Gasteiger partial charge in [0, 0.05) is 22.5 Å². The van der Waals surface area contributed by atoms with Crippen molar-refractivity contribution in [2.45, 2.75) is 50.6 Å². The molecule has 3 N–H and O–H groups in total. The number of carbonyl (C=O) groups is 1. The first kappa shape index (κ1) is 28.9. The van der Waals surface area contributed by atoms with E-state index in [0.29, 0.717) is 34.4 Å². The predicted octanol–water partition coefficient (Wildman–Crippen LogP) is 7.32. The number of nitrogens with zero attached hydrogens (tertiary/aromatic N) is 2. The number of aliphatic imine (C=N–C) groups is 1. The van der Waals surface area contributed by atoms with E-state index in [-0.39, 0.29) is 21.6 Å². The number of amidine groups is 1. The molecule has 3 aromatic carbocycles. The third kappa shape index (κ3) is 5.03. The second kappa shape index (κ2) is 10.6. The zero-order chi connectivity index (χ0) is 29.7. The smallest absolute Gasteiger partial charge is 0.335 e. The summed E-state index contributed by atoms with van der Waals surface area (Å²) in [4.78, 5) is 16.4. The lowest BCUT2D eigenvalue weighted by molar-refractivity contribution is 0.0696. The molecule has 0 bridgehead atoms. The Bertz CT molecular complexity index is 1610. The van der Waals surface area contributed by atoms with Gasteiger partial charge >= 0.3 is 5.97 Å². The molecule has 2 aliphatic rings. The van der Waals surface area contributed by atoms with Crippen molar-refractivity contribution in [3.63, 3.8) is 0 Å². The summed E-state index contributed by atoms with van der Waals surface area (Å²) in [5.74, 6) is -1.49. The lowest BCUT2D eigenvalue weighted by atomic mass is 9.62. The number of carboxylic acid groups (broad SMARTS) is 1. The van der Waals surface area contributed by atoms with Crippen LogP contribution in [0.5, 0.6) is 5.75 Å². The van der Waals surface area contributed by atoms with Crippen LogP contribution in [-0.2, 0) is 5.41 Å². The second-order valence-electron chi connectivity index (χ2n) is 11.6. The minimum atomic E-state index is -1.35. The zero-order valence-corrected chi connectivity index (χ0v) is 24.4. The van der Waals surface area contributed by atoms with E-state index in [4.69, 9.17) is 32.9 Å². The Morgan fingerprint density at radius 1 is 1.22 bits per heavy atom. The Labute approximate surface area is 248 Å². The Balaban J connectivity index is 1.73. The normalized spacial score (nSPS) is 23.2. The number of fused-ring (bicyclic) bond motifs is 3. The van der Waals surface area contributed by atoms with E-state index < -0.39 is 35.2 Å². The van der Waals surface area contributed by atoms with Gasteiger partial charge in [-0.1, -0.05) is 62.2 Å². The highest BCUT2D eigenvalue weighted by molar-refractivity contribution is 6.33. The van der Waals surface area contributed by atoms with Crippen molar-refractivity contribution in [3.05, 3.63) is 87.2 Å². The van der Waals surface area contributed by atoms with Gasteiger partial charge in [0.05, 0.1) is 41.2 Å². The van der Waals surface area contributed by atoms with Crippen LogP contribution in [0.4, 0.5) is 15.8 Å². The second-order valence-corrected chi connectivity index (χ2v) is 12.4. The quantitative estimate of drug-likeness (QED) is 0.286. The highest BCUT2D eigenvalue weighted by atomic mass is 35.5. The lowest BCUT2D eigenvalue weighted by Crippen LogP contribution is -2.44. The van der Waals surface area contributed by atoms with Crippen LogP contribution < -0.4 is 15.4 Å². The first-order valence-corrected chi connectivity index (χ1v) is 13.8. The van der Waals surface area contributed by atoms with E-state index in [2.05, 4.69) is 37.5 Å². The number of carboxylic acids is 1. The van der Waals surface area contributed by atoms with Crippen LogP contribution in [-0.4, -0.2) is 36.1 Å². The number of anilines is 1. The monoisotopic (exact) mass is 594 g/mol. The molecule has 1 fully saturated rings. The largest absolute Gasteiger partial charge is 0.495 e. The standard InChI is InChI=1S/C31H29Cl2FN4O3/c1-30(2,3)14-24-31(15-35,19-10-9-17(32)13-21(19)34)25-18-6-5-7-20(33)26(18)38-28(27(25)37-24)36-22-11-8-16(29(39)40)12-23(22)41-4/h5-13,24-25,27,37H,14H2,1-4H3,(H,36,38)(H,39,40)/t24-,25-,27+,31-/m0/s1. The maximum absolute atomic E-state index is 15.8. The fraction of sp³-hybridized carbons (Fsp3) is 0.323. The molecule has 0 spiro atoms. The number of para-hydroxylation sites is 1. The fourth-order valence-corrected chi connectivity index (χ4v) is 6.45. The minimum Gasteiger partial charge on any atom is -0.495 e. The predicted molar refractivity (Wildman–Crippen MR) is 158 cm³/mol. The first-order chi connectivity index (χ1) is 19.4. The van der Waals surface area contributed by atoms with Crippen LogP contribution in [0.15, 0.2) is 59.6 Å². The average molecular weight is 596 g/mol. The number of nitrogens with one attached hydrogen (secondary N) is 2. The van der Waals surface area contributed by atoms with Gasteiger partial charge in [0.2, 0.25) is 0 Å². The summed E-state index contributed by atoms with van der Waals surface area (Å²) in [6.07, 6.45) is 0.551. The van der Waals surface area contributed by atoms with E-state index in [1.165, 1.54) is 25.3 Å².